The molecule has 0 bridgehead atoms. The first kappa shape index (κ1) is 10.3. The van der Waals surface area contributed by atoms with Crippen LogP contribution in [0.25, 0.3) is 0 Å². The third-order valence-corrected chi connectivity index (χ3v) is 2.15. The maximum atomic E-state index is 3.32. The lowest BCUT2D eigenvalue weighted by molar-refractivity contribution is 0.856. The largest absolute Gasteiger partial charge is 0.0885 e. The molecule has 0 saturated heterocycles. The Balaban J connectivity index is 2.27. The fraction of sp³-hybridized carbons (Fsp3) is 0.538. The van der Waals surface area contributed by atoms with Gasteiger partial charge < -0.3 is 0 Å². The quantitative estimate of drug-likeness (QED) is 0.484. The van der Waals surface area contributed by atoms with Gasteiger partial charge in [0, 0.05) is 0 Å². The molecule has 0 aliphatic heterocycles. The Hall–Kier alpha value is -0.780. The van der Waals surface area contributed by atoms with Gasteiger partial charge in [0.15, 0.2) is 0 Å². The van der Waals surface area contributed by atoms with Crippen molar-refractivity contribution in [3.8, 4) is 0 Å². The predicted octanol–water partition coefficient (Wildman–Crippen LogP) is 4.20. The molecule has 0 fully saturated rings. The number of allylic oxidation sites excluding steroid dienone is 6. The van der Waals surface area contributed by atoms with Gasteiger partial charge >= 0.3 is 0 Å². The molecule has 1 radical (unpaired) electrons. The normalized spacial score (nSPS) is 27.7. The molecule has 0 aromatic heterocycles. The van der Waals surface area contributed by atoms with Gasteiger partial charge in [-0.05, 0) is 51.0 Å². The van der Waals surface area contributed by atoms with Gasteiger partial charge in [-0.2, -0.15) is 0 Å². The van der Waals surface area contributed by atoms with Gasteiger partial charge in [-0.3, -0.25) is 0 Å². The minimum absolute atomic E-state index is 1.09. The zero-order chi connectivity index (χ0) is 9.19. The molecule has 0 spiro atoms. The number of rotatable bonds is 0. The summed E-state index contributed by atoms with van der Waals surface area (Å²) < 4.78 is 0. The second kappa shape index (κ2) is 7.85. The fourth-order valence-corrected chi connectivity index (χ4v) is 1.37. The SMILES string of the molecule is [C]1=C/CCC/C=C\CC/C=C\CC/1. The van der Waals surface area contributed by atoms with Crippen LogP contribution in [-0.4, -0.2) is 0 Å². The molecule has 0 atom stereocenters. The molecule has 0 aromatic rings. The Morgan fingerprint density at radius 1 is 0.692 bits per heavy atom. The van der Waals surface area contributed by atoms with Gasteiger partial charge in [0.2, 0.25) is 0 Å². The lowest BCUT2D eigenvalue weighted by Crippen LogP contribution is -1.70. The van der Waals surface area contributed by atoms with Crippen LogP contribution in [0.5, 0.6) is 0 Å². The molecule has 1 aliphatic rings. The van der Waals surface area contributed by atoms with Gasteiger partial charge in [-0.25, -0.2) is 0 Å². The Labute approximate surface area is 82.0 Å². The van der Waals surface area contributed by atoms with Gasteiger partial charge in [-0.1, -0.05) is 30.4 Å². The third kappa shape index (κ3) is 6.39. The summed E-state index contributed by atoms with van der Waals surface area (Å²) in [6.07, 6.45) is 23.0. The molecule has 0 nitrogen and oxygen atoms in total. The van der Waals surface area contributed by atoms with E-state index in [1.54, 1.807) is 0 Å². The number of hydrogen-bond acceptors (Lipinski definition) is 0. The van der Waals surface area contributed by atoms with E-state index in [0.717, 1.165) is 12.8 Å². The first-order valence-electron chi connectivity index (χ1n) is 5.35. The van der Waals surface area contributed by atoms with E-state index in [9.17, 15) is 0 Å². The Bertz CT molecular complexity index is 164. The standard InChI is InChI=1S/C13H19/c1-2-4-6-8-10-12-13-11-9-7-5-3-1/h1-2,7,9-10H,3-6,8,11,13H2/b2-1-,9-7-,12-10?. The van der Waals surface area contributed by atoms with Crippen LogP contribution in [0.2, 0.25) is 0 Å². The van der Waals surface area contributed by atoms with Crippen molar-refractivity contribution in [3.63, 3.8) is 0 Å². The van der Waals surface area contributed by atoms with Crippen molar-refractivity contribution < 1.29 is 0 Å². The minimum atomic E-state index is 1.09. The van der Waals surface area contributed by atoms with E-state index < -0.39 is 0 Å². The molecule has 0 N–H and O–H groups in total. The van der Waals surface area contributed by atoms with E-state index in [-0.39, 0.29) is 0 Å². The van der Waals surface area contributed by atoms with E-state index in [4.69, 9.17) is 0 Å². The summed E-state index contributed by atoms with van der Waals surface area (Å²) in [7, 11) is 0. The Morgan fingerprint density at radius 3 is 2.23 bits per heavy atom. The van der Waals surface area contributed by atoms with E-state index in [2.05, 4.69) is 36.5 Å². The van der Waals surface area contributed by atoms with Crippen LogP contribution in [0, 0.1) is 6.08 Å². The van der Waals surface area contributed by atoms with Crippen LogP contribution in [0.3, 0.4) is 0 Å². The summed E-state index contributed by atoms with van der Waals surface area (Å²) in [5.41, 5.74) is 0. The lowest BCUT2D eigenvalue weighted by atomic mass is 10.2. The van der Waals surface area contributed by atoms with E-state index >= 15 is 0 Å². The van der Waals surface area contributed by atoms with Crippen molar-refractivity contribution in [2.24, 2.45) is 0 Å². The van der Waals surface area contributed by atoms with Crippen LogP contribution in [0.15, 0.2) is 30.4 Å². The molecule has 0 amide bonds. The summed E-state index contributed by atoms with van der Waals surface area (Å²) in [5, 5.41) is 0. The molecular weight excluding hydrogens is 156 g/mol. The average molecular weight is 175 g/mol. The van der Waals surface area contributed by atoms with Crippen molar-refractivity contribution >= 4 is 0 Å². The fourth-order valence-electron chi connectivity index (χ4n) is 1.37. The van der Waals surface area contributed by atoms with Crippen LogP contribution in [0.4, 0.5) is 0 Å². The molecule has 1 rings (SSSR count). The molecule has 0 saturated carbocycles. The molecule has 71 valence electrons. The smallest absolute Gasteiger partial charge is 0.0245 e. The molecule has 0 heterocycles. The maximum Gasteiger partial charge on any atom is -0.0245 e. The predicted molar refractivity (Wildman–Crippen MR) is 58.4 cm³/mol. The zero-order valence-corrected chi connectivity index (χ0v) is 8.34. The molecule has 0 aromatic carbocycles. The van der Waals surface area contributed by atoms with E-state index in [1.165, 1.54) is 32.1 Å². The highest BCUT2D eigenvalue weighted by molar-refractivity contribution is 4.90. The highest BCUT2D eigenvalue weighted by atomic mass is 13.9. The Morgan fingerprint density at radius 2 is 1.38 bits per heavy atom. The summed E-state index contributed by atoms with van der Waals surface area (Å²) in [6.45, 7) is 0. The van der Waals surface area contributed by atoms with Crippen molar-refractivity contribution in [2.45, 2.75) is 44.9 Å². The highest BCUT2D eigenvalue weighted by Crippen LogP contribution is 2.03. The van der Waals surface area contributed by atoms with E-state index in [1.807, 2.05) is 0 Å². The summed E-state index contributed by atoms with van der Waals surface area (Å²) in [6, 6.07) is 0. The van der Waals surface area contributed by atoms with Gasteiger partial charge in [0.1, 0.15) is 0 Å². The highest BCUT2D eigenvalue weighted by Gasteiger charge is 1.84. The molecule has 0 unspecified atom stereocenters. The third-order valence-electron chi connectivity index (χ3n) is 2.15. The van der Waals surface area contributed by atoms with E-state index in [0.29, 0.717) is 0 Å². The zero-order valence-electron chi connectivity index (χ0n) is 8.34. The van der Waals surface area contributed by atoms with Gasteiger partial charge in [-0.15, -0.1) is 0 Å². The van der Waals surface area contributed by atoms with Gasteiger partial charge in [0.25, 0.3) is 0 Å². The Kier molecular flexibility index (Phi) is 6.22. The van der Waals surface area contributed by atoms with Crippen LogP contribution in [0.1, 0.15) is 44.9 Å². The molecule has 13 heavy (non-hydrogen) atoms. The van der Waals surface area contributed by atoms with Gasteiger partial charge in [0.05, 0.1) is 0 Å². The molecule has 0 heteroatoms. The lowest BCUT2D eigenvalue weighted by Gasteiger charge is -1.89. The molecule has 1 aliphatic carbocycles. The minimum Gasteiger partial charge on any atom is -0.0885 e. The van der Waals surface area contributed by atoms with Crippen molar-refractivity contribution in [1.82, 2.24) is 0 Å². The first-order valence-corrected chi connectivity index (χ1v) is 5.35. The second-order valence-electron chi connectivity index (χ2n) is 3.40. The summed E-state index contributed by atoms with van der Waals surface area (Å²) in [4.78, 5) is 0. The summed E-state index contributed by atoms with van der Waals surface area (Å²) in [5.74, 6) is 0. The van der Waals surface area contributed by atoms with Crippen molar-refractivity contribution in [1.29, 1.82) is 0 Å². The van der Waals surface area contributed by atoms with Crippen LogP contribution < -0.4 is 0 Å². The average Bonchev–Trinajstić information content (AvgIpc) is 2.18. The number of hydrogen-bond donors (Lipinski definition) is 0. The first-order chi connectivity index (χ1) is 6.50. The van der Waals surface area contributed by atoms with Crippen LogP contribution in [-0.2, 0) is 0 Å². The topological polar surface area (TPSA) is 0 Å². The van der Waals surface area contributed by atoms with Crippen molar-refractivity contribution in [3.05, 3.63) is 36.5 Å². The van der Waals surface area contributed by atoms with Crippen molar-refractivity contribution in [2.75, 3.05) is 0 Å². The van der Waals surface area contributed by atoms with Crippen LogP contribution >= 0.6 is 0 Å². The molecular formula is C13H19. The summed E-state index contributed by atoms with van der Waals surface area (Å²) >= 11 is 0. The maximum absolute atomic E-state index is 3.32. The second-order valence-corrected chi connectivity index (χ2v) is 3.40. The monoisotopic (exact) mass is 175 g/mol.